The van der Waals surface area contributed by atoms with Gasteiger partial charge in [0.1, 0.15) is 5.75 Å². The van der Waals surface area contributed by atoms with E-state index in [-0.39, 0.29) is 11.8 Å². The molecule has 24 heavy (non-hydrogen) atoms. The van der Waals surface area contributed by atoms with Crippen molar-refractivity contribution in [3.05, 3.63) is 24.3 Å². The summed E-state index contributed by atoms with van der Waals surface area (Å²) < 4.78 is 5.18. The second-order valence-electron chi connectivity index (χ2n) is 6.13. The van der Waals surface area contributed by atoms with Gasteiger partial charge in [-0.2, -0.15) is 0 Å². The number of nitrogens with zero attached hydrogens (tertiary/aromatic N) is 3. The largest absolute Gasteiger partial charge is 0.497 e. The lowest BCUT2D eigenvalue weighted by Crippen LogP contribution is -2.54. The third-order valence-electron chi connectivity index (χ3n) is 4.55. The lowest BCUT2D eigenvalue weighted by Gasteiger charge is -2.37. The fourth-order valence-electron chi connectivity index (χ4n) is 3.12. The van der Waals surface area contributed by atoms with Crippen LogP contribution in [-0.2, 0) is 9.59 Å². The van der Waals surface area contributed by atoms with Crippen LogP contribution in [0.5, 0.6) is 5.75 Å². The van der Waals surface area contributed by atoms with E-state index in [1.807, 2.05) is 34.1 Å². The van der Waals surface area contributed by atoms with Crippen molar-refractivity contribution >= 4 is 17.5 Å². The minimum absolute atomic E-state index is 0.00150. The maximum absolute atomic E-state index is 12.4. The van der Waals surface area contributed by atoms with Crippen LogP contribution in [0, 0.1) is 0 Å². The lowest BCUT2D eigenvalue weighted by atomic mass is 10.2. The average molecular weight is 332 g/mol. The normalized spacial score (nSPS) is 19.1. The van der Waals surface area contributed by atoms with Crippen molar-refractivity contribution < 1.29 is 14.3 Å². The molecule has 0 spiro atoms. The highest BCUT2D eigenvalue weighted by Gasteiger charge is 2.24. The maximum atomic E-state index is 12.4. The van der Waals surface area contributed by atoms with Crippen molar-refractivity contribution in [2.45, 2.75) is 0 Å². The van der Waals surface area contributed by atoms with Crippen LogP contribution in [0.4, 0.5) is 5.69 Å². The van der Waals surface area contributed by atoms with Gasteiger partial charge in [0.15, 0.2) is 0 Å². The van der Waals surface area contributed by atoms with E-state index in [9.17, 15) is 9.59 Å². The molecule has 0 aliphatic carbocycles. The molecule has 0 unspecified atom stereocenters. The van der Waals surface area contributed by atoms with Gasteiger partial charge in [0.05, 0.1) is 20.2 Å². The Morgan fingerprint density at radius 2 is 1.83 bits per heavy atom. The minimum atomic E-state index is -0.00150. The zero-order chi connectivity index (χ0) is 16.9. The molecule has 1 aromatic rings. The van der Waals surface area contributed by atoms with Crippen LogP contribution in [0.2, 0.25) is 0 Å². The van der Waals surface area contributed by atoms with Crippen LogP contribution in [-0.4, -0.2) is 81.1 Å². The van der Waals surface area contributed by atoms with E-state index >= 15 is 0 Å². The fourth-order valence-corrected chi connectivity index (χ4v) is 3.12. The summed E-state index contributed by atoms with van der Waals surface area (Å²) in [5.74, 6) is 0.954. The summed E-state index contributed by atoms with van der Waals surface area (Å²) in [5.41, 5.74) is 1.15. The average Bonchev–Trinajstić information content (AvgIpc) is 2.62. The highest BCUT2D eigenvalue weighted by Crippen LogP contribution is 2.20. The standard InChI is InChI=1S/C17H24N4O3/c1-24-15-4-2-14(3-5-15)20-8-10-21(11-9-20)17(23)13-19-7-6-18-16(22)12-19/h2-5H,6-13H2,1H3,(H,18,22). The second kappa shape index (κ2) is 7.53. The van der Waals surface area contributed by atoms with Crippen LogP contribution in [0.1, 0.15) is 0 Å². The summed E-state index contributed by atoms with van der Waals surface area (Å²) in [6.45, 7) is 5.07. The Morgan fingerprint density at radius 1 is 1.12 bits per heavy atom. The topological polar surface area (TPSA) is 65.1 Å². The Morgan fingerprint density at radius 3 is 2.46 bits per heavy atom. The van der Waals surface area contributed by atoms with Gasteiger partial charge in [-0.25, -0.2) is 0 Å². The van der Waals surface area contributed by atoms with E-state index in [1.165, 1.54) is 0 Å². The van der Waals surface area contributed by atoms with Gasteiger partial charge in [-0.3, -0.25) is 14.5 Å². The zero-order valence-corrected chi connectivity index (χ0v) is 14.0. The predicted molar refractivity (Wildman–Crippen MR) is 91.2 cm³/mol. The fraction of sp³-hybridized carbons (Fsp3) is 0.529. The van der Waals surface area contributed by atoms with E-state index in [1.54, 1.807) is 7.11 Å². The number of amides is 2. The van der Waals surface area contributed by atoms with Crippen molar-refractivity contribution in [2.24, 2.45) is 0 Å². The molecule has 1 aromatic carbocycles. The van der Waals surface area contributed by atoms with Gasteiger partial charge in [-0.1, -0.05) is 0 Å². The van der Waals surface area contributed by atoms with E-state index in [0.29, 0.717) is 32.7 Å². The smallest absolute Gasteiger partial charge is 0.236 e. The number of anilines is 1. The number of benzene rings is 1. The first-order valence-corrected chi connectivity index (χ1v) is 8.31. The minimum Gasteiger partial charge on any atom is -0.497 e. The Kier molecular flexibility index (Phi) is 5.20. The molecule has 2 heterocycles. The molecule has 2 amide bonds. The van der Waals surface area contributed by atoms with Gasteiger partial charge in [0.25, 0.3) is 0 Å². The molecule has 1 N–H and O–H groups in total. The third-order valence-corrected chi connectivity index (χ3v) is 4.55. The maximum Gasteiger partial charge on any atom is 0.236 e. The van der Waals surface area contributed by atoms with Crippen LogP contribution < -0.4 is 15.0 Å². The van der Waals surface area contributed by atoms with Crippen molar-refractivity contribution in [1.29, 1.82) is 0 Å². The summed E-state index contributed by atoms with van der Waals surface area (Å²) in [6.07, 6.45) is 0. The zero-order valence-electron chi connectivity index (χ0n) is 14.0. The number of nitrogens with one attached hydrogen (secondary N) is 1. The first kappa shape index (κ1) is 16.6. The summed E-state index contributed by atoms with van der Waals surface area (Å²) in [5, 5.41) is 2.78. The molecule has 130 valence electrons. The van der Waals surface area contributed by atoms with Gasteiger partial charge in [0.2, 0.25) is 11.8 Å². The molecule has 7 heteroatoms. The van der Waals surface area contributed by atoms with E-state index in [2.05, 4.69) is 10.2 Å². The molecule has 0 bridgehead atoms. The van der Waals surface area contributed by atoms with Gasteiger partial charge in [-0.15, -0.1) is 0 Å². The Hall–Kier alpha value is -2.28. The monoisotopic (exact) mass is 332 g/mol. The molecule has 7 nitrogen and oxygen atoms in total. The van der Waals surface area contributed by atoms with E-state index in [0.717, 1.165) is 31.1 Å². The SMILES string of the molecule is COc1ccc(N2CCN(C(=O)CN3CCNC(=O)C3)CC2)cc1. The van der Waals surface area contributed by atoms with E-state index < -0.39 is 0 Å². The molecule has 2 aliphatic heterocycles. The Balaban J connectivity index is 1.48. The molecule has 0 saturated carbocycles. The second-order valence-corrected chi connectivity index (χ2v) is 6.13. The van der Waals surface area contributed by atoms with Gasteiger partial charge in [0, 0.05) is 45.0 Å². The van der Waals surface area contributed by atoms with Crippen LogP contribution in [0.3, 0.4) is 0 Å². The van der Waals surface area contributed by atoms with Gasteiger partial charge in [-0.05, 0) is 24.3 Å². The number of methoxy groups -OCH3 is 1. The van der Waals surface area contributed by atoms with Crippen LogP contribution in [0.25, 0.3) is 0 Å². The molecular weight excluding hydrogens is 308 g/mol. The summed E-state index contributed by atoms with van der Waals surface area (Å²) in [7, 11) is 1.66. The lowest BCUT2D eigenvalue weighted by molar-refractivity contribution is -0.134. The van der Waals surface area contributed by atoms with Crippen LogP contribution in [0.15, 0.2) is 24.3 Å². The molecule has 0 atom stereocenters. The summed E-state index contributed by atoms with van der Waals surface area (Å²) in [4.78, 5) is 29.9. The third kappa shape index (κ3) is 3.97. The van der Waals surface area contributed by atoms with Crippen molar-refractivity contribution in [3.8, 4) is 5.75 Å². The van der Waals surface area contributed by atoms with Crippen LogP contribution >= 0.6 is 0 Å². The quantitative estimate of drug-likeness (QED) is 0.826. The van der Waals surface area contributed by atoms with Crippen molar-refractivity contribution in [3.63, 3.8) is 0 Å². The molecule has 2 saturated heterocycles. The first-order chi connectivity index (χ1) is 11.7. The Bertz CT molecular complexity index is 582. The molecule has 2 fully saturated rings. The number of hydrogen-bond acceptors (Lipinski definition) is 5. The molecule has 3 rings (SSSR count). The number of piperazine rings is 2. The highest BCUT2D eigenvalue weighted by atomic mass is 16.5. The first-order valence-electron chi connectivity index (χ1n) is 8.31. The Labute approximate surface area is 142 Å². The van der Waals surface area contributed by atoms with E-state index in [4.69, 9.17) is 4.74 Å². The predicted octanol–water partition coefficient (Wildman–Crippen LogP) is -0.224. The summed E-state index contributed by atoms with van der Waals surface area (Å²) >= 11 is 0. The number of carbonyl (C=O) groups excluding carboxylic acids is 2. The van der Waals surface area contributed by atoms with Gasteiger partial charge < -0.3 is 19.9 Å². The van der Waals surface area contributed by atoms with Crippen molar-refractivity contribution in [1.82, 2.24) is 15.1 Å². The molecule has 2 aliphatic rings. The van der Waals surface area contributed by atoms with Crippen molar-refractivity contribution in [2.75, 3.05) is 64.4 Å². The molecule has 0 radical (unpaired) electrons. The van der Waals surface area contributed by atoms with Gasteiger partial charge >= 0.3 is 0 Å². The number of carbonyl (C=O) groups is 2. The number of rotatable bonds is 4. The highest BCUT2D eigenvalue weighted by molar-refractivity contribution is 5.82. The number of ether oxygens (including phenoxy) is 1. The molecule has 0 aromatic heterocycles. The molecular formula is C17H24N4O3. The summed E-state index contributed by atoms with van der Waals surface area (Å²) in [6, 6.07) is 7.99. The number of hydrogen-bond donors (Lipinski definition) is 1.